The SMILES string of the molecule is [CH2]=[Al][C]1([Al]=[CH2])OC(O)N2C[C@H](O)CC21. The molecule has 0 amide bonds. The Hall–Kier alpha value is 0.645. The molecule has 0 radical (unpaired) electrons. The van der Waals surface area contributed by atoms with E-state index in [1.165, 1.54) is 0 Å². The zero-order chi connectivity index (χ0) is 10.3. The molecule has 2 N–H and O–H groups in total. The molecule has 4 nitrogen and oxygen atoms in total. The van der Waals surface area contributed by atoms with Crippen LogP contribution in [0, 0.1) is 0 Å². The molecule has 0 spiro atoms. The van der Waals surface area contributed by atoms with E-state index < -0.39 is 6.41 Å². The summed E-state index contributed by atoms with van der Waals surface area (Å²) in [5, 5.41) is 27.1. The summed E-state index contributed by atoms with van der Waals surface area (Å²) in [4.78, 5) is 1.83. The van der Waals surface area contributed by atoms with Gasteiger partial charge < -0.3 is 0 Å². The Morgan fingerprint density at radius 2 is 2.00 bits per heavy atom. The van der Waals surface area contributed by atoms with Crippen LogP contribution in [0.5, 0.6) is 0 Å². The van der Waals surface area contributed by atoms with Crippen LogP contribution >= 0.6 is 0 Å². The molecule has 74 valence electrons. The second kappa shape index (κ2) is 3.90. The fraction of sp³-hybridized carbons (Fsp3) is 0.750. The van der Waals surface area contributed by atoms with Crippen LogP contribution in [0.2, 0.25) is 0 Å². The number of fused-ring (bicyclic) bond motifs is 1. The molecule has 2 rings (SSSR count). The number of hydrogen-bond donors (Lipinski definition) is 2. The Kier molecular flexibility index (Phi) is 3.11. The molecule has 0 aromatic rings. The second-order valence-corrected chi connectivity index (χ2v) is 7.10. The van der Waals surface area contributed by atoms with Crippen LogP contribution in [0.25, 0.3) is 0 Å². The van der Waals surface area contributed by atoms with Crippen LogP contribution in [0.4, 0.5) is 0 Å². The molecule has 14 heavy (non-hydrogen) atoms. The number of hydrogen-bond acceptors (Lipinski definition) is 4. The van der Waals surface area contributed by atoms with Gasteiger partial charge in [0.2, 0.25) is 0 Å². The van der Waals surface area contributed by atoms with Crippen molar-refractivity contribution in [3.8, 4) is 0 Å². The summed E-state index contributed by atoms with van der Waals surface area (Å²) >= 11 is -0.272. The first-order valence-corrected chi connectivity index (χ1v) is 7.48. The van der Waals surface area contributed by atoms with E-state index in [0.29, 0.717) is 13.0 Å². The maximum absolute atomic E-state index is 9.68. The molecule has 2 unspecified atom stereocenters. The quantitative estimate of drug-likeness (QED) is 0.517. The summed E-state index contributed by atoms with van der Waals surface area (Å²) in [5.74, 6) is 0. The third kappa shape index (κ3) is 1.51. The number of nitrogens with zero attached hydrogens (tertiary/aromatic N) is 1. The third-order valence-corrected chi connectivity index (χ3v) is 6.80. The molecule has 0 aromatic carbocycles. The first-order chi connectivity index (χ1) is 6.63. The van der Waals surface area contributed by atoms with Crippen LogP contribution in [0.1, 0.15) is 6.42 Å². The molecule has 2 saturated heterocycles. The van der Waals surface area contributed by atoms with Gasteiger partial charge in [0, 0.05) is 0 Å². The summed E-state index contributed by atoms with van der Waals surface area (Å²) in [6.07, 6.45) is -0.516. The molecule has 2 heterocycles. The average molecular weight is 225 g/mol. The van der Waals surface area contributed by atoms with Crippen LogP contribution < -0.4 is 0 Å². The predicted octanol–water partition coefficient (Wildman–Crippen LogP) is -2.35. The zero-order valence-electron chi connectivity index (χ0n) is 7.97. The molecule has 2 aliphatic heterocycles. The van der Waals surface area contributed by atoms with Crippen molar-refractivity contribution in [1.82, 2.24) is 4.90 Å². The predicted molar refractivity (Wildman–Crippen MR) is 56.7 cm³/mol. The topological polar surface area (TPSA) is 52.9 Å². The van der Waals surface area contributed by atoms with Crippen LogP contribution in [0.3, 0.4) is 0 Å². The first-order valence-electron chi connectivity index (χ1n) is 4.70. The molecule has 6 heteroatoms. The Balaban J connectivity index is 2.30. The van der Waals surface area contributed by atoms with Crippen molar-refractivity contribution in [2.45, 2.75) is 28.3 Å². The van der Waals surface area contributed by atoms with E-state index in [-0.39, 0.29) is 45.0 Å². The minimum atomic E-state index is -0.861. The van der Waals surface area contributed by atoms with Gasteiger partial charge in [0.15, 0.2) is 0 Å². The van der Waals surface area contributed by atoms with Crippen LogP contribution in [0.15, 0.2) is 0 Å². The fourth-order valence-corrected chi connectivity index (χ4v) is 4.61. The molecular formula is C8H13Al2NO3. The van der Waals surface area contributed by atoms with E-state index in [1.807, 2.05) is 4.90 Å². The Morgan fingerprint density at radius 1 is 1.36 bits per heavy atom. The summed E-state index contributed by atoms with van der Waals surface area (Å²) < 4.78 is 5.27. The van der Waals surface area contributed by atoms with Crippen molar-refractivity contribution < 1.29 is 14.9 Å². The van der Waals surface area contributed by atoms with Gasteiger partial charge in [0.1, 0.15) is 0 Å². The van der Waals surface area contributed by atoms with E-state index in [9.17, 15) is 10.2 Å². The third-order valence-electron chi connectivity index (χ3n) is 3.07. The van der Waals surface area contributed by atoms with Gasteiger partial charge >= 0.3 is 95.0 Å². The maximum atomic E-state index is 9.68. The summed E-state index contributed by atoms with van der Waals surface area (Å²) in [6, 6.07) is 0.132. The Morgan fingerprint density at radius 3 is 2.57 bits per heavy atom. The number of aliphatic hydroxyl groups excluding tert-OH is 2. The standard InChI is InChI=1S/C6H9NO3.2CH2.2Al/c8-5-1-4-3-10-6(9)7(4)2-5;;;;/h4-6,8-9H,1-2H2;2*1H2;;/t4?,5-,6?;;;;/m1..../s1. The Bertz CT molecular complexity index is 265. The van der Waals surface area contributed by atoms with Gasteiger partial charge in [0.25, 0.3) is 0 Å². The average Bonchev–Trinajstić information content (AvgIpc) is 2.66. The van der Waals surface area contributed by atoms with E-state index in [2.05, 4.69) is 10.8 Å². The van der Waals surface area contributed by atoms with Gasteiger partial charge in [-0.05, 0) is 0 Å². The van der Waals surface area contributed by atoms with E-state index in [0.717, 1.165) is 0 Å². The van der Waals surface area contributed by atoms with Gasteiger partial charge in [0.05, 0.1) is 0 Å². The monoisotopic (exact) mass is 225 g/mol. The summed E-state index contributed by atoms with van der Waals surface area (Å²) in [7, 11) is 0. The van der Waals surface area contributed by atoms with E-state index in [1.54, 1.807) is 0 Å². The van der Waals surface area contributed by atoms with Gasteiger partial charge in [-0.1, -0.05) is 0 Å². The summed E-state index contributed by atoms with van der Waals surface area (Å²) in [5.41, 5.74) is 0. The normalized spacial score (nSPS) is 40.3. The minimum absolute atomic E-state index is 0.132. The first kappa shape index (κ1) is 11.1. The van der Waals surface area contributed by atoms with E-state index in [4.69, 9.17) is 4.74 Å². The fourth-order valence-electron chi connectivity index (χ4n) is 2.31. The van der Waals surface area contributed by atoms with Gasteiger partial charge in [-0.2, -0.15) is 0 Å². The second-order valence-electron chi connectivity index (χ2n) is 3.81. The van der Waals surface area contributed by atoms with Gasteiger partial charge in [-0.25, -0.2) is 0 Å². The van der Waals surface area contributed by atoms with Crippen molar-refractivity contribution in [2.75, 3.05) is 6.54 Å². The van der Waals surface area contributed by atoms with Crippen molar-refractivity contribution in [1.29, 1.82) is 0 Å². The molecule has 2 fully saturated rings. The number of ether oxygens (including phenoxy) is 1. The molecule has 3 atom stereocenters. The Labute approximate surface area is 95.0 Å². The van der Waals surface area contributed by atoms with Crippen molar-refractivity contribution in [3.63, 3.8) is 0 Å². The molecule has 0 saturated carbocycles. The molecule has 2 aliphatic rings. The van der Waals surface area contributed by atoms with Crippen LogP contribution in [-0.4, -0.2) is 83.9 Å². The molecular weight excluding hydrogens is 212 g/mol. The van der Waals surface area contributed by atoms with Crippen LogP contribution in [-0.2, 0) is 4.74 Å². The molecule has 0 aromatic heterocycles. The molecule has 0 bridgehead atoms. The van der Waals surface area contributed by atoms with Crippen molar-refractivity contribution >= 4 is 40.3 Å². The summed E-state index contributed by atoms with van der Waals surface area (Å²) in [6.45, 7) is 0.506. The van der Waals surface area contributed by atoms with Crippen molar-refractivity contribution in [2.24, 2.45) is 0 Å². The van der Waals surface area contributed by atoms with Gasteiger partial charge in [-0.3, -0.25) is 0 Å². The zero-order valence-corrected chi connectivity index (χ0v) is 10.3. The van der Waals surface area contributed by atoms with Crippen molar-refractivity contribution in [3.05, 3.63) is 0 Å². The number of rotatable bonds is 2. The van der Waals surface area contributed by atoms with Gasteiger partial charge in [-0.15, -0.1) is 0 Å². The molecule has 0 aliphatic carbocycles. The van der Waals surface area contributed by atoms with E-state index >= 15 is 0 Å². The number of aliphatic hydroxyl groups is 2.